The van der Waals surface area contributed by atoms with Gasteiger partial charge >= 0.3 is 0 Å². The second-order valence-corrected chi connectivity index (χ2v) is 4.07. The molecule has 0 amide bonds. The van der Waals surface area contributed by atoms with E-state index in [4.69, 9.17) is 11.2 Å². The molecule has 98 valence electrons. The Labute approximate surface area is 109 Å². The highest BCUT2D eigenvalue weighted by Gasteiger charge is 2.02. The molecule has 0 fully saturated rings. The molecule has 3 nitrogen and oxygen atoms in total. The van der Waals surface area contributed by atoms with Crippen LogP contribution in [0.25, 0.3) is 0 Å². The smallest absolute Gasteiger partial charge is 0.161 e. The van der Waals surface area contributed by atoms with Gasteiger partial charge in [0.05, 0.1) is 6.61 Å². The summed E-state index contributed by atoms with van der Waals surface area (Å²) in [5, 5.41) is 12.9. The van der Waals surface area contributed by atoms with Gasteiger partial charge in [-0.25, -0.2) is 0 Å². The molecular formula is C15H21NO2. The SMILES string of the molecule is C#CCCCCNCc1ccc(O)c(OCC)c1. The Kier molecular flexibility index (Phi) is 6.75. The lowest BCUT2D eigenvalue weighted by Gasteiger charge is -2.09. The van der Waals surface area contributed by atoms with Crippen LogP contribution < -0.4 is 10.1 Å². The van der Waals surface area contributed by atoms with E-state index in [1.807, 2.05) is 19.1 Å². The lowest BCUT2D eigenvalue weighted by atomic mass is 10.2. The molecular weight excluding hydrogens is 226 g/mol. The average molecular weight is 247 g/mol. The molecule has 0 saturated carbocycles. The van der Waals surface area contributed by atoms with Crippen LogP contribution in [-0.4, -0.2) is 18.3 Å². The first-order chi connectivity index (χ1) is 8.77. The van der Waals surface area contributed by atoms with Crippen molar-refractivity contribution >= 4 is 0 Å². The van der Waals surface area contributed by atoms with Crippen molar-refractivity contribution in [1.82, 2.24) is 5.32 Å². The molecule has 1 rings (SSSR count). The summed E-state index contributed by atoms with van der Waals surface area (Å²) < 4.78 is 5.34. The fourth-order valence-electron chi connectivity index (χ4n) is 1.65. The summed E-state index contributed by atoms with van der Waals surface area (Å²) in [7, 11) is 0. The van der Waals surface area contributed by atoms with Crippen molar-refractivity contribution in [1.29, 1.82) is 0 Å². The zero-order valence-corrected chi connectivity index (χ0v) is 10.9. The molecule has 0 aliphatic rings. The Balaban J connectivity index is 2.34. The third-order valence-corrected chi connectivity index (χ3v) is 2.58. The van der Waals surface area contributed by atoms with Crippen molar-refractivity contribution in [2.24, 2.45) is 0 Å². The van der Waals surface area contributed by atoms with Crippen LogP contribution in [0.4, 0.5) is 0 Å². The lowest BCUT2D eigenvalue weighted by molar-refractivity contribution is 0.317. The molecule has 0 spiro atoms. The highest BCUT2D eigenvalue weighted by atomic mass is 16.5. The third-order valence-electron chi connectivity index (χ3n) is 2.58. The topological polar surface area (TPSA) is 41.5 Å². The molecule has 0 atom stereocenters. The zero-order chi connectivity index (χ0) is 13.2. The van der Waals surface area contributed by atoms with E-state index in [0.29, 0.717) is 12.4 Å². The molecule has 1 aromatic carbocycles. The Morgan fingerprint density at radius 2 is 2.22 bits per heavy atom. The Hall–Kier alpha value is -1.66. The fraction of sp³-hybridized carbons (Fsp3) is 0.467. The standard InChI is InChI=1S/C15H21NO2/c1-3-5-6-7-10-16-12-13-8-9-14(17)15(11-13)18-4-2/h1,8-9,11,16-17H,4-7,10,12H2,2H3. The van der Waals surface area contributed by atoms with Crippen molar-refractivity contribution in [2.75, 3.05) is 13.2 Å². The zero-order valence-electron chi connectivity index (χ0n) is 10.9. The molecule has 1 aromatic rings. The van der Waals surface area contributed by atoms with E-state index in [-0.39, 0.29) is 5.75 Å². The fourth-order valence-corrected chi connectivity index (χ4v) is 1.65. The van der Waals surface area contributed by atoms with Crippen LogP contribution in [-0.2, 0) is 6.54 Å². The maximum absolute atomic E-state index is 9.57. The Morgan fingerprint density at radius 3 is 2.94 bits per heavy atom. The monoisotopic (exact) mass is 247 g/mol. The minimum atomic E-state index is 0.189. The highest BCUT2D eigenvalue weighted by Crippen LogP contribution is 2.26. The summed E-state index contributed by atoms with van der Waals surface area (Å²) in [5.74, 6) is 3.37. The lowest BCUT2D eigenvalue weighted by Crippen LogP contribution is -2.14. The summed E-state index contributed by atoms with van der Waals surface area (Å²) in [6.45, 7) is 4.18. The normalized spacial score (nSPS) is 10.0. The molecule has 0 unspecified atom stereocenters. The van der Waals surface area contributed by atoms with Crippen LogP contribution in [0, 0.1) is 12.3 Å². The number of phenolic OH excluding ortho intramolecular Hbond substituents is 1. The quantitative estimate of drug-likeness (QED) is 0.548. The van der Waals surface area contributed by atoms with Crippen LogP contribution in [0.2, 0.25) is 0 Å². The molecule has 0 radical (unpaired) electrons. The molecule has 0 aromatic heterocycles. The van der Waals surface area contributed by atoms with E-state index >= 15 is 0 Å². The maximum atomic E-state index is 9.57. The second-order valence-electron chi connectivity index (χ2n) is 4.07. The number of nitrogens with one attached hydrogen (secondary N) is 1. The van der Waals surface area contributed by atoms with E-state index in [2.05, 4.69) is 11.2 Å². The molecule has 2 N–H and O–H groups in total. The number of rotatable bonds is 8. The average Bonchev–Trinajstić information content (AvgIpc) is 2.37. The van der Waals surface area contributed by atoms with Crippen LogP contribution in [0.3, 0.4) is 0 Å². The number of hydrogen-bond acceptors (Lipinski definition) is 3. The van der Waals surface area contributed by atoms with Gasteiger partial charge < -0.3 is 15.2 Å². The van der Waals surface area contributed by atoms with E-state index in [0.717, 1.165) is 37.9 Å². The van der Waals surface area contributed by atoms with Crippen LogP contribution in [0.5, 0.6) is 11.5 Å². The molecule has 3 heteroatoms. The molecule has 0 heterocycles. The van der Waals surface area contributed by atoms with E-state index in [1.54, 1.807) is 6.07 Å². The van der Waals surface area contributed by atoms with Gasteiger partial charge in [-0.2, -0.15) is 0 Å². The van der Waals surface area contributed by atoms with Crippen LogP contribution in [0.1, 0.15) is 31.7 Å². The van der Waals surface area contributed by atoms with Crippen LogP contribution in [0.15, 0.2) is 18.2 Å². The first-order valence-electron chi connectivity index (χ1n) is 6.36. The second kappa shape index (κ2) is 8.43. The number of hydrogen-bond donors (Lipinski definition) is 2. The van der Waals surface area contributed by atoms with Gasteiger partial charge in [-0.05, 0) is 44.0 Å². The van der Waals surface area contributed by atoms with E-state index in [9.17, 15) is 5.11 Å². The summed E-state index contributed by atoms with van der Waals surface area (Å²) in [6, 6.07) is 5.43. The van der Waals surface area contributed by atoms with Crippen molar-refractivity contribution < 1.29 is 9.84 Å². The molecule has 0 aliphatic carbocycles. The number of unbranched alkanes of at least 4 members (excludes halogenated alkanes) is 2. The molecule has 0 bridgehead atoms. The summed E-state index contributed by atoms with van der Waals surface area (Å²) in [4.78, 5) is 0. The van der Waals surface area contributed by atoms with Crippen molar-refractivity contribution in [2.45, 2.75) is 32.7 Å². The van der Waals surface area contributed by atoms with Gasteiger partial charge in [0.15, 0.2) is 11.5 Å². The number of aromatic hydroxyl groups is 1. The Bertz CT molecular complexity index is 396. The van der Waals surface area contributed by atoms with Crippen molar-refractivity contribution in [3.8, 4) is 23.8 Å². The molecule has 18 heavy (non-hydrogen) atoms. The Morgan fingerprint density at radius 1 is 1.39 bits per heavy atom. The molecule has 0 saturated heterocycles. The molecule has 0 aliphatic heterocycles. The van der Waals surface area contributed by atoms with E-state index < -0.39 is 0 Å². The number of ether oxygens (including phenoxy) is 1. The van der Waals surface area contributed by atoms with Gasteiger partial charge in [0.2, 0.25) is 0 Å². The first kappa shape index (κ1) is 14.4. The summed E-state index contributed by atoms with van der Waals surface area (Å²) in [6.07, 6.45) is 8.17. The largest absolute Gasteiger partial charge is 0.504 e. The third kappa shape index (κ3) is 5.11. The summed E-state index contributed by atoms with van der Waals surface area (Å²) >= 11 is 0. The predicted octanol–water partition coefficient (Wildman–Crippen LogP) is 2.68. The first-order valence-corrected chi connectivity index (χ1v) is 6.36. The summed E-state index contributed by atoms with van der Waals surface area (Å²) in [5.41, 5.74) is 1.10. The maximum Gasteiger partial charge on any atom is 0.161 e. The predicted molar refractivity (Wildman–Crippen MR) is 73.7 cm³/mol. The van der Waals surface area contributed by atoms with Crippen LogP contribution >= 0.6 is 0 Å². The van der Waals surface area contributed by atoms with Gasteiger partial charge in [0.25, 0.3) is 0 Å². The van der Waals surface area contributed by atoms with Gasteiger partial charge in [-0.15, -0.1) is 12.3 Å². The van der Waals surface area contributed by atoms with Crippen molar-refractivity contribution in [3.63, 3.8) is 0 Å². The minimum Gasteiger partial charge on any atom is -0.504 e. The minimum absolute atomic E-state index is 0.189. The number of phenols is 1. The number of benzene rings is 1. The van der Waals surface area contributed by atoms with Crippen molar-refractivity contribution in [3.05, 3.63) is 23.8 Å². The van der Waals surface area contributed by atoms with Gasteiger partial charge in [0.1, 0.15) is 0 Å². The van der Waals surface area contributed by atoms with E-state index in [1.165, 1.54) is 0 Å². The van der Waals surface area contributed by atoms with Gasteiger partial charge in [0, 0.05) is 13.0 Å². The number of terminal acetylenes is 1. The highest BCUT2D eigenvalue weighted by molar-refractivity contribution is 5.41. The van der Waals surface area contributed by atoms with Gasteiger partial charge in [-0.1, -0.05) is 6.07 Å². The van der Waals surface area contributed by atoms with Gasteiger partial charge in [-0.3, -0.25) is 0 Å².